The second-order valence-corrected chi connectivity index (χ2v) is 10.7. The predicted molar refractivity (Wildman–Crippen MR) is 171 cm³/mol. The second-order valence-electron chi connectivity index (χ2n) is 10.7. The van der Waals surface area contributed by atoms with E-state index < -0.39 is 12.2 Å². The van der Waals surface area contributed by atoms with Crippen LogP contribution in [0.5, 0.6) is 5.75 Å². The lowest BCUT2D eigenvalue weighted by Gasteiger charge is -2.21. The third-order valence-corrected chi connectivity index (χ3v) is 7.53. The molecule has 0 amide bonds. The van der Waals surface area contributed by atoms with Crippen molar-refractivity contribution < 1.29 is 19.4 Å². The van der Waals surface area contributed by atoms with Crippen molar-refractivity contribution in [3.05, 3.63) is 172 Å². The maximum Gasteiger partial charge on any atom is 0.306 e. The molecule has 0 spiro atoms. The molecule has 224 valence electrons. The summed E-state index contributed by atoms with van der Waals surface area (Å²) >= 11 is 0. The minimum Gasteiger partial charge on any atom is -0.475 e. The van der Waals surface area contributed by atoms with Crippen molar-refractivity contribution in [2.45, 2.75) is 51.0 Å². The minimum absolute atomic E-state index is 0.219. The Hall–Kier alpha value is -4.94. The molecule has 0 saturated carbocycles. The normalized spacial score (nSPS) is 11.1. The van der Waals surface area contributed by atoms with E-state index in [1.807, 2.05) is 126 Å². The Morgan fingerprint density at radius 2 is 1.14 bits per heavy atom. The first kappa shape index (κ1) is 30.5. The van der Waals surface area contributed by atoms with Crippen LogP contribution in [0, 0.1) is 0 Å². The number of esters is 1. The maximum absolute atomic E-state index is 13.0. The Balaban J connectivity index is 1.20. The van der Waals surface area contributed by atoms with Crippen molar-refractivity contribution in [1.29, 1.82) is 0 Å². The van der Waals surface area contributed by atoms with Gasteiger partial charge in [-0.3, -0.25) is 9.59 Å². The number of aliphatic hydroxyl groups excluding tert-OH is 1. The highest BCUT2D eigenvalue weighted by atomic mass is 16.5. The molecule has 0 bridgehead atoms. The average molecular weight is 588 g/mol. The number of aromatic nitrogens is 1. The van der Waals surface area contributed by atoms with Gasteiger partial charge in [0.2, 0.25) is 5.43 Å². The van der Waals surface area contributed by atoms with E-state index in [0.717, 1.165) is 35.1 Å². The van der Waals surface area contributed by atoms with Crippen LogP contribution in [0.25, 0.3) is 0 Å². The fourth-order valence-corrected chi connectivity index (χ4v) is 5.24. The van der Waals surface area contributed by atoms with Gasteiger partial charge in [-0.15, -0.1) is 0 Å². The van der Waals surface area contributed by atoms with Crippen LogP contribution in [0.2, 0.25) is 0 Å². The van der Waals surface area contributed by atoms with E-state index in [-0.39, 0.29) is 23.8 Å². The quantitative estimate of drug-likeness (QED) is 0.108. The zero-order valence-electron chi connectivity index (χ0n) is 24.6. The Kier molecular flexibility index (Phi) is 10.8. The van der Waals surface area contributed by atoms with Crippen LogP contribution in [0.3, 0.4) is 0 Å². The summed E-state index contributed by atoms with van der Waals surface area (Å²) in [5.41, 5.74) is 3.97. The van der Waals surface area contributed by atoms with Crippen molar-refractivity contribution >= 4 is 5.97 Å². The molecule has 0 aliphatic heterocycles. The standard InChI is InChI=1S/C38H37NO5/c40-28-33-26-34(41)35(43-37(29-16-6-1-7-17-29)30-18-8-2-9-19-30)27-39(33)25-15-5-14-24-36(42)44-38(31-20-10-3-11-21-31)32-22-12-4-13-23-32/h1-4,6-13,16-23,26-27,37-38,40H,5,14-15,24-25,28H2. The Bertz CT molecular complexity index is 1580. The van der Waals surface area contributed by atoms with E-state index in [9.17, 15) is 14.7 Å². The number of carbonyl (C=O) groups is 1. The molecule has 1 aromatic heterocycles. The molecule has 6 heteroatoms. The first-order chi connectivity index (χ1) is 21.6. The van der Waals surface area contributed by atoms with Gasteiger partial charge in [0.05, 0.1) is 12.8 Å². The van der Waals surface area contributed by atoms with Crippen LogP contribution in [-0.2, 0) is 22.7 Å². The number of unbranched alkanes of at least 4 members (excludes halogenated alkanes) is 2. The van der Waals surface area contributed by atoms with Crippen LogP contribution in [0.15, 0.2) is 138 Å². The molecule has 0 aliphatic rings. The van der Waals surface area contributed by atoms with Gasteiger partial charge in [0.15, 0.2) is 11.9 Å². The summed E-state index contributed by atoms with van der Waals surface area (Å²) in [6.07, 6.45) is 3.28. The fraction of sp³-hybridized carbons (Fsp3) is 0.211. The van der Waals surface area contributed by atoms with Gasteiger partial charge < -0.3 is 19.1 Å². The third-order valence-electron chi connectivity index (χ3n) is 7.53. The van der Waals surface area contributed by atoms with Gasteiger partial charge in [-0.05, 0) is 35.1 Å². The van der Waals surface area contributed by atoms with Crippen molar-refractivity contribution in [1.82, 2.24) is 4.57 Å². The molecule has 0 radical (unpaired) electrons. The van der Waals surface area contributed by atoms with Gasteiger partial charge >= 0.3 is 5.97 Å². The van der Waals surface area contributed by atoms with E-state index in [1.54, 1.807) is 6.20 Å². The smallest absolute Gasteiger partial charge is 0.306 e. The molecule has 5 rings (SSSR count). The highest BCUT2D eigenvalue weighted by molar-refractivity contribution is 5.70. The third kappa shape index (κ3) is 8.12. The summed E-state index contributed by atoms with van der Waals surface area (Å²) in [5, 5.41) is 9.96. The van der Waals surface area contributed by atoms with Crippen molar-refractivity contribution in [3.8, 4) is 5.75 Å². The number of ether oxygens (including phenoxy) is 2. The molecule has 1 heterocycles. The first-order valence-electron chi connectivity index (χ1n) is 15.0. The molecule has 6 nitrogen and oxygen atoms in total. The molecule has 1 N–H and O–H groups in total. The SMILES string of the molecule is O=C(CCCCCn1cc(OC(c2ccccc2)c2ccccc2)c(=O)cc1CO)OC(c1ccccc1)c1ccccc1. The summed E-state index contributed by atoms with van der Waals surface area (Å²) in [7, 11) is 0. The zero-order chi connectivity index (χ0) is 30.6. The van der Waals surface area contributed by atoms with Gasteiger partial charge in [-0.1, -0.05) is 128 Å². The summed E-state index contributed by atoms with van der Waals surface area (Å²) in [4.78, 5) is 25.8. The first-order valence-corrected chi connectivity index (χ1v) is 15.0. The van der Waals surface area contributed by atoms with Gasteiger partial charge in [-0.25, -0.2) is 0 Å². The minimum atomic E-state index is -0.458. The molecular formula is C38H37NO5. The van der Waals surface area contributed by atoms with E-state index in [0.29, 0.717) is 25.1 Å². The molecule has 0 fully saturated rings. The van der Waals surface area contributed by atoms with Gasteiger partial charge in [0.25, 0.3) is 0 Å². The highest BCUT2D eigenvalue weighted by Crippen LogP contribution is 2.28. The number of pyridine rings is 1. The molecule has 44 heavy (non-hydrogen) atoms. The Labute approximate surface area is 258 Å². The van der Waals surface area contributed by atoms with Crippen molar-refractivity contribution in [3.63, 3.8) is 0 Å². The van der Waals surface area contributed by atoms with Gasteiger partial charge in [0, 0.05) is 24.7 Å². The zero-order valence-corrected chi connectivity index (χ0v) is 24.6. The number of hydrogen-bond acceptors (Lipinski definition) is 5. The second kappa shape index (κ2) is 15.5. The van der Waals surface area contributed by atoms with Crippen LogP contribution in [0.4, 0.5) is 0 Å². The summed E-state index contributed by atoms with van der Waals surface area (Å²) in [6, 6.07) is 40.5. The number of rotatable bonds is 14. The average Bonchev–Trinajstić information content (AvgIpc) is 3.08. The molecule has 0 aliphatic carbocycles. The highest BCUT2D eigenvalue weighted by Gasteiger charge is 2.20. The number of carbonyl (C=O) groups excluding carboxylic acids is 1. The molecule has 0 unspecified atom stereocenters. The lowest BCUT2D eigenvalue weighted by molar-refractivity contribution is -0.147. The largest absolute Gasteiger partial charge is 0.475 e. The van der Waals surface area contributed by atoms with Crippen LogP contribution >= 0.6 is 0 Å². The van der Waals surface area contributed by atoms with Crippen molar-refractivity contribution in [2.75, 3.05) is 0 Å². The lowest BCUT2D eigenvalue weighted by atomic mass is 10.0. The number of aliphatic hydroxyl groups is 1. The summed E-state index contributed by atoms with van der Waals surface area (Å²) in [5.74, 6) is -0.0259. The Morgan fingerprint density at radius 1 is 0.659 bits per heavy atom. The van der Waals surface area contributed by atoms with E-state index in [1.165, 1.54) is 6.07 Å². The van der Waals surface area contributed by atoms with E-state index in [2.05, 4.69) is 0 Å². The molecule has 5 aromatic rings. The summed E-state index contributed by atoms with van der Waals surface area (Å²) < 4.78 is 14.1. The lowest BCUT2D eigenvalue weighted by Crippen LogP contribution is -2.19. The maximum atomic E-state index is 13.0. The Morgan fingerprint density at radius 3 is 1.61 bits per heavy atom. The predicted octanol–water partition coefficient (Wildman–Crippen LogP) is 7.40. The van der Waals surface area contributed by atoms with Gasteiger partial charge in [-0.2, -0.15) is 0 Å². The number of nitrogens with zero attached hydrogens (tertiary/aromatic N) is 1. The van der Waals surface area contributed by atoms with Crippen LogP contribution < -0.4 is 10.2 Å². The van der Waals surface area contributed by atoms with E-state index >= 15 is 0 Å². The summed E-state index contributed by atoms with van der Waals surface area (Å²) in [6.45, 7) is 0.308. The number of benzene rings is 4. The van der Waals surface area contributed by atoms with E-state index in [4.69, 9.17) is 9.47 Å². The number of aryl methyl sites for hydroxylation is 1. The molecule has 0 atom stereocenters. The number of hydrogen-bond donors (Lipinski definition) is 1. The monoisotopic (exact) mass is 587 g/mol. The van der Waals surface area contributed by atoms with Crippen molar-refractivity contribution in [2.24, 2.45) is 0 Å². The fourth-order valence-electron chi connectivity index (χ4n) is 5.24. The topological polar surface area (TPSA) is 77.8 Å². The van der Waals surface area contributed by atoms with Crippen LogP contribution in [-0.4, -0.2) is 15.6 Å². The van der Waals surface area contributed by atoms with Gasteiger partial charge in [0.1, 0.15) is 6.10 Å². The van der Waals surface area contributed by atoms with Crippen LogP contribution in [0.1, 0.15) is 65.8 Å². The molecular weight excluding hydrogens is 550 g/mol. The molecule has 4 aromatic carbocycles. The molecule has 0 saturated heterocycles.